The van der Waals surface area contributed by atoms with Crippen molar-refractivity contribution in [2.24, 2.45) is 0 Å². The maximum absolute atomic E-state index is 12.6. The molecule has 0 radical (unpaired) electrons. The van der Waals surface area contributed by atoms with Crippen molar-refractivity contribution in [3.8, 4) is 11.1 Å². The Hall–Kier alpha value is -2.74. The lowest BCUT2D eigenvalue weighted by molar-refractivity contribution is -0.137. The first-order valence-corrected chi connectivity index (χ1v) is 11.8. The van der Waals surface area contributed by atoms with E-state index in [0.717, 1.165) is 31.7 Å². The predicted octanol–water partition coefficient (Wildman–Crippen LogP) is 2.01. The first-order valence-electron chi connectivity index (χ1n) is 11.8. The van der Waals surface area contributed by atoms with Crippen LogP contribution in [0.3, 0.4) is 0 Å². The van der Waals surface area contributed by atoms with E-state index in [1.807, 2.05) is 30.0 Å². The second-order valence-electron chi connectivity index (χ2n) is 8.82. The molecule has 2 aromatic rings. The number of carbonyl (C=O) groups excluding carboxylic acids is 2. The molecule has 0 spiro atoms. The standard InChI is InChI=1S/C26H34N4O3/c1-21(22-7-9-24(10-8-22)23-5-3-2-4-6-23)27-25(31)19-28-11-13-29(14-12-28)20-26(32)30-15-17-33-18-16-30/h2-10,21H,11-20H2,1H3,(H,27,31)/t21-/m0/s1. The highest BCUT2D eigenvalue weighted by molar-refractivity contribution is 5.79. The van der Waals surface area contributed by atoms with Gasteiger partial charge >= 0.3 is 0 Å². The minimum Gasteiger partial charge on any atom is -0.378 e. The minimum atomic E-state index is -0.0465. The highest BCUT2D eigenvalue weighted by Gasteiger charge is 2.24. The predicted molar refractivity (Wildman–Crippen MR) is 129 cm³/mol. The Morgan fingerprint density at radius 1 is 0.818 bits per heavy atom. The van der Waals surface area contributed by atoms with E-state index in [9.17, 15) is 9.59 Å². The van der Waals surface area contributed by atoms with Crippen LogP contribution in [0.5, 0.6) is 0 Å². The largest absolute Gasteiger partial charge is 0.378 e. The molecule has 7 heteroatoms. The van der Waals surface area contributed by atoms with Crippen LogP contribution in [0.25, 0.3) is 11.1 Å². The monoisotopic (exact) mass is 450 g/mol. The molecule has 0 aliphatic carbocycles. The van der Waals surface area contributed by atoms with E-state index in [1.165, 1.54) is 11.1 Å². The average Bonchev–Trinajstić information content (AvgIpc) is 2.86. The molecular formula is C26H34N4O3. The zero-order valence-electron chi connectivity index (χ0n) is 19.4. The Morgan fingerprint density at radius 2 is 1.39 bits per heavy atom. The van der Waals surface area contributed by atoms with Gasteiger partial charge in [0.25, 0.3) is 0 Å². The summed E-state index contributed by atoms with van der Waals surface area (Å²) in [5, 5.41) is 3.12. The molecule has 0 aromatic heterocycles. The highest BCUT2D eigenvalue weighted by atomic mass is 16.5. The summed E-state index contributed by atoms with van der Waals surface area (Å²) in [6.45, 7) is 8.69. The SMILES string of the molecule is C[C@H](NC(=O)CN1CCN(CC(=O)N2CCOCC2)CC1)c1ccc(-c2ccccc2)cc1. The zero-order chi connectivity index (χ0) is 23.0. The zero-order valence-corrected chi connectivity index (χ0v) is 19.4. The molecule has 33 heavy (non-hydrogen) atoms. The van der Waals surface area contributed by atoms with Crippen LogP contribution in [0.15, 0.2) is 54.6 Å². The average molecular weight is 451 g/mol. The van der Waals surface area contributed by atoms with Gasteiger partial charge in [-0.2, -0.15) is 0 Å². The summed E-state index contributed by atoms with van der Waals surface area (Å²) in [4.78, 5) is 31.3. The summed E-state index contributed by atoms with van der Waals surface area (Å²) in [7, 11) is 0. The number of nitrogens with one attached hydrogen (secondary N) is 1. The van der Waals surface area contributed by atoms with Crippen LogP contribution in [0.1, 0.15) is 18.5 Å². The molecule has 2 aliphatic rings. The topological polar surface area (TPSA) is 65.1 Å². The third kappa shape index (κ3) is 6.63. The third-order valence-electron chi connectivity index (χ3n) is 6.45. The highest BCUT2D eigenvalue weighted by Crippen LogP contribution is 2.21. The quantitative estimate of drug-likeness (QED) is 0.699. The van der Waals surface area contributed by atoms with Crippen molar-refractivity contribution in [1.82, 2.24) is 20.0 Å². The van der Waals surface area contributed by atoms with Gasteiger partial charge in [-0.3, -0.25) is 19.4 Å². The summed E-state index contributed by atoms with van der Waals surface area (Å²) >= 11 is 0. The molecule has 4 rings (SSSR count). The number of morpholine rings is 1. The molecule has 2 aliphatic heterocycles. The van der Waals surface area contributed by atoms with Crippen molar-refractivity contribution in [3.63, 3.8) is 0 Å². The van der Waals surface area contributed by atoms with Gasteiger partial charge in [0.1, 0.15) is 0 Å². The summed E-state index contributed by atoms with van der Waals surface area (Å²) in [6.07, 6.45) is 0. The Kier molecular flexibility index (Phi) is 8.10. The van der Waals surface area contributed by atoms with Crippen LogP contribution in [0.2, 0.25) is 0 Å². The number of hydrogen-bond acceptors (Lipinski definition) is 5. The molecule has 176 valence electrons. The number of carbonyl (C=O) groups is 2. The summed E-state index contributed by atoms with van der Waals surface area (Å²) in [5.41, 5.74) is 3.45. The van der Waals surface area contributed by atoms with Crippen LogP contribution in [-0.4, -0.2) is 92.1 Å². The Balaban J connectivity index is 1.19. The van der Waals surface area contributed by atoms with E-state index in [4.69, 9.17) is 4.74 Å². The normalized spacial score (nSPS) is 18.6. The van der Waals surface area contributed by atoms with Gasteiger partial charge in [-0.25, -0.2) is 0 Å². The Morgan fingerprint density at radius 3 is 2.03 bits per heavy atom. The van der Waals surface area contributed by atoms with Gasteiger partial charge in [-0.15, -0.1) is 0 Å². The lowest BCUT2D eigenvalue weighted by atomic mass is 10.0. The number of ether oxygens (including phenoxy) is 1. The lowest BCUT2D eigenvalue weighted by Crippen LogP contribution is -2.53. The van der Waals surface area contributed by atoms with Gasteiger partial charge in [0.05, 0.1) is 32.3 Å². The van der Waals surface area contributed by atoms with Crippen LogP contribution in [-0.2, 0) is 14.3 Å². The van der Waals surface area contributed by atoms with Gasteiger partial charge < -0.3 is 15.0 Å². The molecule has 0 saturated carbocycles. The molecule has 0 bridgehead atoms. The smallest absolute Gasteiger partial charge is 0.236 e. The minimum absolute atomic E-state index is 0.0347. The number of hydrogen-bond donors (Lipinski definition) is 1. The third-order valence-corrected chi connectivity index (χ3v) is 6.45. The fourth-order valence-corrected chi connectivity index (χ4v) is 4.38. The molecule has 0 unspecified atom stereocenters. The van der Waals surface area contributed by atoms with Crippen molar-refractivity contribution in [2.45, 2.75) is 13.0 Å². The molecule has 1 N–H and O–H groups in total. The number of benzene rings is 2. The van der Waals surface area contributed by atoms with Crippen molar-refractivity contribution >= 4 is 11.8 Å². The summed E-state index contributed by atoms with van der Waals surface area (Å²) < 4.78 is 5.32. The second kappa shape index (κ2) is 11.4. The molecular weight excluding hydrogens is 416 g/mol. The maximum atomic E-state index is 12.6. The van der Waals surface area contributed by atoms with E-state index < -0.39 is 0 Å². The molecule has 7 nitrogen and oxygen atoms in total. The fourth-order valence-electron chi connectivity index (χ4n) is 4.38. The van der Waals surface area contributed by atoms with Gasteiger partial charge in [0.15, 0.2) is 0 Å². The van der Waals surface area contributed by atoms with Crippen molar-refractivity contribution in [3.05, 3.63) is 60.2 Å². The molecule has 2 fully saturated rings. The maximum Gasteiger partial charge on any atom is 0.236 e. The number of piperazine rings is 1. The molecule has 2 saturated heterocycles. The lowest BCUT2D eigenvalue weighted by Gasteiger charge is -2.35. The molecule has 2 aromatic carbocycles. The van der Waals surface area contributed by atoms with Crippen molar-refractivity contribution < 1.29 is 14.3 Å². The van der Waals surface area contributed by atoms with E-state index >= 15 is 0 Å². The fraction of sp³-hybridized carbons (Fsp3) is 0.462. The second-order valence-corrected chi connectivity index (χ2v) is 8.82. The first kappa shape index (κ1) is 23.4. The van der Waals surface area contributed by atoms with E-state index in [1.54, 1.807) is 0 Å². The Bertz CT molecular complexity index is 905. The Labute approximate surface area is 196 Å². The van der Waals surface area contributed by atoms with E-state index in [-0.39, 0.29) is 17.9 Å². The number of nitrogens with zero attached hydrogens (tertiary/aromatic N) is 3. The van der Waals surface area contributed by atoms with Crippen LogP contribution in [0.4, 0.5) is 0 Å². The van der Waals surface area contributed by atoms with Crippen LogP contribution in [0, 0.1) is 0 Å². The van der Waals surface area contributed by atoms with Crippen molar-refractivity contribution in [2.75, 3.05) is 65.6 Å². The van der Waals surface area contributed by atoms with Gasteiger partial charge in [-0.05, 0) is 23.6 Å². The first-order chi connectivity index (χ1) is 16.1. The molecule has 1 atom stereocenters. The van der Waals surface area contributed by atoms with Gasteiger partial charge in [0.2, 0.25) is 11.8 Å². The van der Waals surface area contributed by atoms with Crippen molar-refractivity contribution in [1.29, 1.82) is 0 Å². The summed E-state index contributed by atoms with van der Waals surface area (Å²) in [5.74, 6) is 0.212. The summed E-state index contributed by atoms with van der Waals surface area (Å²) in [6, 6.07) is 18.6. The number of rotatable bonds is 7. The molecule has 2 amide bonds. The van der Waals surface area contributed by atoms with Gasteiger partial charge in [0, 0.05) is 39.3 Å². The number of amides is 2. The van der Waals surface area contributed by atoms with Crippen LogP contribution >= 0.6 is 0 Å². The van der Waals surface area contributed by atoms with E-state index in [0.29, 0.717) is 39.4 Å². The van der Waals surface area contributed by atoms with Crippen LogP contribution < -0.4 is 5.32 Å². The van der Waals surface area contributed by atoms with E-state index in [2.05, 4.69) is 51.5 Å². The molecule has 2 heterocycles. The van der Waals surface area contributed by atoms with Gasteiger partial charge in [-0.1, -0.05) is 54.6 Å².